The summed E-state index contributed by atoms with van der Waals surface area (Å²) in [6.07, 6.45) is -1.41. The first-order valence-electron chi connectivity index (χ1n) is 21.3. The molecule has 4 aromatic carbocycles. The molecule has 0 aliphatic heterocycles. The highest BCUT2D eigenvalue weighted by Gasteiger charge is 2.18. The number of nitrogens with two attached hydrogens (primary N) is 1. The molecule has 0 radical (unpaired) electrons. The number of pyridine rings is 2. The molecule has 0 amide bonds. The van der Waals surface area contributed by atoms with Gasteiger partial charge in [0, 0.05) is 51.2 Å². The third-order valence-corrected chi connectivity index (χ3v) is 12.3. The molecule has 0 spiro atoms. The van der Waals surface area contributed by atoms with Crippen LogP contribution in [0, 0.1) is 11.6 Å². The number of nitrogens with zero attached hydrogens (tertiary/aromatic N) is 2. The van der Waals surface area contributed by atoms with E-state index >= 15 is 0 Å². The molecular weight excluding hydrogens is 933 g/mol. The van der Waals surface area contributed by atoms with Crippen molar-refractivity contribution in [3.8, 4) is 45.5 Å². The van der Waals surface area contributed by atoms with Crippen LogP contribution in [0.1, 0.15) is 57.2 Å². The number of thiophene rings is 2. The number of halogens is 2. The first-order chi connectivity index (χ1) is 33.4. The first kappa shape index (κ1) is 51.5. The molecule has 69 heavy (non-hydrogen) atoms. The van der Waals surface area contributed by atoms with Gasteiger partial charge < -0.3 is 50.2 Å². The number of hydrogen-bond donors (Lipinski definition) is 6. The molecule has 0 bridgehead atoms. The van der Waals surface area contributed by atoms with Gasteiger partial charge in [0.05, 0.1) is 71.3 Å². The minimum atomic E-state index is -1.03. The lowest BCUT2D eigenvalue weighted by atomic mass is 10.0. The number of Topliss-reactive ketones (excluding diaryl/α,β-unsaturated/α-hetero) is 1. The number of carbonyl (C=O) groups is 2. The summed E-state index contributed by atoms with van der Waals surface area (Å²) in [6.45, 7) is 0.149. The Morgan fingerprint density at radius 1 is 0.638 bits per heavy atom. The second-order valence-electron chi connectivity index (χ2n) is 14.8. The number of ether oxygens (including phenoxy) is 4. The van der Waals surface area contributed by atoms with E-state index in [2.05, 4.69) is 9.97 Å². The number of carboxylic acids is 1. The average Bonchev–Trinajstić information content (AvgIpc) is 4.03. The maximum atomic E-state index is 14.1. The molecule has 18 heteroatoms. The van der Waals surface area contributed by atoms with Crippen LogP contribution in [0.2, 0.25) is 0 Å². The molecule has 7 N–H and O–H groups in total. The molecule has 4 aromatic heterocycles. The monoisotopic (exact) mass is 981 g/mol. The maximum absolute atomic E-state index is 14.1. The highest BCUT2D eigenvalue weighted by atomic mass is 32.1. The number of rotatable bonds is 18. The summed E-state index contributed by atoms with van der Waals surface area (Å²) in [5.41, 5.74) is 10.0. The highest BCUT2D eigenvalue weighted by molar-refractivity contribution is 7.18. The number of carbonyl (C=O) groups excluding carboxylic acids is 1. The Kier molecular flexibility index (Phi) is 18.6. The predicted octanol–water partition coefficient (Wildman–Crippen LogP) is 9.04. The Labute approximate surface area is 403 Å². The number of aliphatic hydroxyl groups is 4. The summed E-state index contributed by atoms with van der Waals surface area (Å²) < 4.78 is 49.7. The van der Waals surface area contributed by atoms with Gasteiger partial charge in [-0.25, -0.2) is 18.6 Å². The zero-order chi connectivity index (χ0) is 49.5. The summed E-state index contributed by atoms with van der Waals surface area (Å²) in [4.78, 5) is 32.4. The molecule has 0 aliphatic rings. The van der Waals surface area contributed by atoms with Gasteiger partial charge in [-0.2, -0.15) is 0 Å². The van der Waals surface area contributed by atoms with Crippen LogP contribution in [0.5, 0.6) is 23.0 Å². The summed E-state index contributed by atoms with van der Waals surface area (Å²) in [5, 5.41) is 52.0. The van der Waals surface area contributed by atoms with E-state index in [1.807, 2.05) is 41.1 Å². The van der Waals surface area contributed by atoms with Crippen molar-refractivity contribution in [1.82, 2.24) is 9.97 Å². The molecule has 0 aliphatic carbocycles. The van der Waals surface area contributed by atoms with Gasteiger partial charge in [-0.15, -0.1) is 22.7 Å². The van der Waals surface area contributed by atoms with Crippen LogP contribution in [0.15, 0.2) is 120 Å². The normalized spacial score (nSPS) is 11.7. The molecule has 0 saturated carbocycles. The van der Waals surface area contributed by atoms with Crippen LogP contribution in [-0.2, 0) is 0 Å². The summed E-state index contributed by atoms with van der Waals surface area (Å²) >= 11 is 2.67. The van der Waals surface area contributed by atoms with E-state index < -0.39 is 18.2 Å². The number of fused-ring (bicyclic) bond motifs is 2. The molecular formula is C51H49F2N3O11S2. The van der Waals surface area contributed by atoms with E-state index in [4.69, 9.17) is 40.0 Å². The van der Waals surface area contributed by atoms with Crippen molar-refractivity contribution in [2.24, 2.45) is 5.73 Å². The predicted molar refractivity (Wildman–Crippen MR) is 261 cm³/mol. The summed E-state index contributed by atoms with van der Waals surface area (Å²) in [5.74, 6) is -0.0861. The largest absolute Gasteiger partial charge is 0.493 e. The Hall–Kier alpha value is -6.90. The van der Waals surface area contributed by atoms with E-state index in [0.29, 0.717) is 60.7 Å². The zero-order valence-electron chi connectivity index (χ0n) is 37.4. The first-order valence-corrected chi connectivity index (χ1v) is 23.1. The fourth-order valence-electron chi connectivity index (χ4n) is 6.89. The number of aromatic carboxylic acids is 1. The van der Waals surface area contributed by atoms with E-state index in [1.165, 1.54) is 67.2 Å². The van der Waals surface area contributed by atoms with Gasteiger partial charge in [0.2, 0.25) is 0 Å². The molecule has 0 saturated heterocycles. The number of methoxy groups -OCH3 is 2. The smallest absolute Gasteiger partial charge is 0.335 e. The van der Waals surface area contributed by atoms with Gasteiger partial charge in [0.1, 0.15) is 31.0 Å². The van der Waals surface area contributed by atoms with Gasteiger partial charge >= 0.3 is 5.97 Å². The molecule has 2 atom stereocenters. The second kappa shape index (κ2) is 24.9. The molecule has 14 nitrogen and oxygen atoms in total. The number of benzene rings is 4. The lowest BCUT2D eigenvalue weighted by Gasteiger charge is -2.13. The summed E-state index contributed by atoms with van der Waals surface area (Å²) in [7, 11) is 2.90. The van der Waals surface area contributed by atoms with Crippen molar-refractivity contribution < 1.29 is 62.8 Å². The molecule has 360 valence electrons. The molecule has 0 fully saturated rings. The van der Waals surface area contributed by atoms with Crippen LogP contribution >= 0.6 is 22.7 Å². The third kappa shape index (κ3) is 13.0. The minimum Gasteiger partial charge on any atom is -0.493 e. The number of aromatic nitrogens is 2. The van der Waals surface area contributed by atoms with Crippen molar-refractivity contribution in [3.05, 3.63) is 154 Å². The topological polar surface area (TPSA) is 224 Å². The lowest BCUT2D eigenvalue weighted by molar-refractivity contribution is 0.0696. The van der Waals surface area contributed by atoms with Crippen LogP contribution < -0.4 is 24.7 Å². The quantitative estimate of drug-likeness (QED) is 0.0442. The van der Waals surface area contributed by atoms with Gasteiger partial charge in [0.15, 0.2) is 28.8 Å². The SMILES string of the molecule is COc1cc(C(=O)CCC(O)c2cccc(-c3csc4c(F)cccc34)n2)ccc1OCCO.COc1cc(C(=O)O)ccc1OCCO.NCC(O)c1cccc(-c2csc3c(F)cccc23)n1. The summed E-state index contributed by atoms with van der Waals surface area (Å²) in [6, 6.07) is 29.8. The highest BCUT2D eigenvalue weighted by Crippen LogP contribution is 2.37. The van der Waals surface area contributed by atoms with Gasteiger partial charge in [-0.1, -0.05) is 36.4 Å². The van der Waals surface area contributed by atoms with Gasteiger partial charge in [0.25, 0.3) is 0 Å². The fraction of sp³-hybridized carbons (Fsp3) is 0.216. The number of aliphatic hydroxyl groups excluding tert-OH is 4. The fourth-order valence-corrected chi connectivity index (χ4v) is 8.83. The molecule has 8 rings (SSSR count). The van der Waals surface area contributed by atoms with Crippen molar-refractivity contribution in [2.45, 2.75) is 25.0 Å². The van der Waals surface area contributed by atoms with Gasteiger partial charge in [-0.3, -0.25) is 9.78 Å². The van der Waals surface area contributed by atoms with Crippen molar-refractivity contribution >= 4 is 54.6 Å². The second-order valence-corrected chi connectivity index (χ2v) is 16.6. The van der Waals surface area contributed by atoms with E-state index in [0.717, 1.165) is 21.9 Å². The van der Waals surface area contributed by atoms with E-state index in [1.54, 1.807) is 48.5 Å². The zero-order valence-corrected chi connectivity index (χ0v) is 39.0. The van der Waals surface area contributed by atoms with Gasteiger partial charge in [-0.05, 0) is 79.2 Å². The number of ketones is 1. The Morgan fingerprint density at radius 3 is 1.57 bits per heavy atom. The lowest BCUT2D eigenvalue weighted by Crippen LogP contribution is -2.12. The van der Waals surface area contributed by atoms with Crippen LogP contribution in [0.3, 0.4) is 0 Å². The number of carboxylic acid groups (broad SMARTS) is 1. The van der Waals surface area contributed by atoms with Crippen molar-refractivity contribution in [2.75, 3.05) is 47.2 Å². The minimum absolute atomic E-state index is 0.107. The van der Waals surface area contributed by atoms with Crippen molar-refractivity contribution in [3.63, 3.8) is 0 Å². The Bertz CT molecular complexity index is 3000. The van der Waals surface area contributed by atoms with E-state index in [9.17, 15) is 28.6 Å². The Morgan fingerprint density at radius 2 is 1.10 bits per heavy atom. The maximum Gasteiger partial charge on any atom is 0.335 e. The molecule has 8 aromatic rings. The molecule has 2 unspecified atom stereocenters. The van der Waals surface area contributed by atoms with E-state index in [-0.39, 0.29) is 68.8 Å². The number of hydrogen-bond acceptors (Lipinski definition) is 15. The average molecular weight is 982 g/mol. The van der Waals surface area contributed by atoms with Crippen LogP contribution in [0.4, 0.5) is 8.78 Å². The molecule has 4 heterocycles. The van der Waals surface area contributed by atoms with Crippen molar-refractivity contribution in [1.29, 1.82) is 0 Å². The third-order valence-electron chi connectivity index (χ3n) is 10.3. The van der Waals surface area contributed by atoms with Crippen LogP contribution in [0.25, 0.3) is 42.7 Å². The Balaban J connectivity index is 0.000000189. The standard InChI is InChI=1S/C26H24FNO5S.C15H13FN2OS.C10H12O5/c1-32-25-14-16(8-11-24(25)33-13-12-29)22(30)9-10-23(31)21-7-3-6-20(28-21)18-15-34-26-17(18)4-2-5-19(26)27;16-11-4-1-3-9-10(8-20-15(9)11)12-5-2-6-13(18-12)14(19)7-17;1-14-9-6-7(10(12)13)2-3-8(9)15-5-4-11/h2-8,11,14-15,23,29,31H,9-10,12-13H2,1H3;1-6,8,14,19H,7,17H2;2-3,6,11H,4-5H2,1H3,(H,12,13). The van der Waals surface area contributed by atoms with Crippen LogP contribution in [-0.4, -0.2) is 94.4 Å².